The first kappa shape index (κ1) is 19.1. The van der Waals surface area contributed by atoms with Crippen molar-refractivity contribution >= 4 is 11.6 Å². The summed E-state index contributed by atoms with van der Waals surface area (Å²) in [5, 5.41) is 14.2. The number of carbonyl (C=O) groups is 1. The van der Waals surface area contributed by atoms with Crippen LogP contribution in [0.2, 0.25) is 0 Å². The summed E-state index contributed by atoms with van der Waals surface area (Å²) in [6.07, 6.45) is 0. The third kappa shape index (κ3) is 4.17. The lowest BCUT2D eigenvalue weighted by Gasteiger charge is -2.20. The van der Waals surface area contributed by atoms with Gasteiger partial charge in [0, 0.05) is 11.6 Å². The van der Waals surface area contributed by atoms with Gasteiger partial charge < -0.3 is 10.1 Å². The number of nitro groups is 1. The summed E-state index contributed by atoms with van der Waals surface area (Å²) in [6, 6.07) is 21.3. The van der Waals surface area contributed by atoms with Crippen molar-refractivity contribution in [2.45, 2.75) is 13.0 Å². The molecule has 0 radical (unpaired) electrons. The van der Waals surface area contributed by atoms with E-state index in [0.29, 0.717) is 0 Å². The maximum absolute atomic E-state index is 12.9. The number of nitrogens with one attached hydrogen (secondary N) is 1. The van der Waals surface area contributed by atoms with Crippen LogP contribution < -0.4 is 10.1 Å². The molecule has 28 heavy (non-hydrogen) atoms. The number of methoxy groups -OCH3 is 1. The van der Waals surface area contributed by atoms with Gasteiger partial charge in [-0.25, -0.2) is 0 Å². The first-order chi connectivity index (χ1) is 13.5. The van der Waals surface area contributed by atoms with Gasteiger partial charge in [-0.15, -0.1) is 0 Å². The number of rotatable bonds is 6. The van der Waals surface area contributed by atoms with Crippen LogP contribution in [0.15, 0.2) is 72.8 Å². The van der Waals surface area contributed by atoms with E-state index in [-0.39, 0.29) is 23.0 Å². The summed E-state index contributed by atoms with van der Waals surface area (Å²) in [7, 11) is 1.35. The second-order valence-electron chi connectivity index (χ2n) is 6.37. The predicted molar refractivity (Wildman–Crippen MR) is 107 cm³/mol. The number of benzene rings is 3. The van der Waals surface area contributed by atoms with Crippen LogP contribution in [0.1, 0.15) is 33.1 Å². The van der Waals surface area contributed by atoms with Crippen LogP contribution in [-0.2, 0) is 0 Å². The lowest BCUT2D eigenvalue weighted by Crippen LogP contribution is -2.29. The van der Waals surface area contributed by atoms with Gasteiger partial charge in [0.15, 0.2) is 5.75 Å². The fraction of sp³-hybridized carbons (Fsp3) is 0.136. The highest BCUT2D eigenvalue weighted by Crippen LogP contribution is 2.28. The molecule has 1 amide bonds. The Bertz CT molecular complexity index is 985. The van der Waals surface area contributed by atoms with Crippen LogP contribution in [0.5, 0.6) is 5.75 Å². The monoisotopic (exact) mass is 376 g/mol. The van der Waals surface area contributed by atoms with Crippen LogP contribution in [0, 0.1) is 17.0 Å². The minimum atomic E-state index is -0.565. The van der Waals surface area contributed by atoms with Gasteiger partial charge in [0.2, 0.25) is 0 Å². The number of nitro benzene ring substituents is 1. The second-order valence-corrected chi connectivity index (χ2v) is 6.37. The van der Waals surface area contributed by atoms with Crippen LogP contribution in [0.3, 0.4) is 0 Å². The summed E-state index contributed by atoms with van der Waals surface area (Å²) in [5.74, 6) is -0.292. The van der Waals surface area contributed by atoms with Gasteiger partial charge in [-0.3, -0.25) is 14.9 Å². The standard InChI is InChI=1S/C22H20N2O4/c1-15-8-10-17(11-9-15)21(16-6-4-3-5-7-16)23-22(25)18-12-13-20(28-2)19(14-18)24(26)27/h3-14,21H,1-2H3,(H,23,25). The molecule has 0 aliphatic carbocycles. The average molecular weight is 376 g/mol. The van der Waals surface area contributed by atoms with Crippen molar-refractivity contribution in [2.75, 3.05) is 7.11 Å². The molecule has 0 saturated carbocycles. The van der Waals surface area contributed by atoms with E-state index in [2.05, 4.69) is 5.32 Å². The smallest absolute Gasteiger partial charge is 0.311 e. The van der Waals surface area contributed by atoms with Gasteiger partial charge in [-0.05, 0) is 30.2 Å². The van der Waals surface area contributed by atoms with Crippen LogP contribution >= 0.6 is 0 Å². The Hall–Kier alpha value is -3.67. The molecule has 0 bridgehead atoms. The molecule has 1 N–H and O–H groups in total. The quantitative estimate of drug-likeness (QED) is 0.510. The van der Waals surface area contributed by atoms with Crippen LogP contribution in [0.4, 0.5) is 5.69 Å². The van der Waals surface area contributed by atoms with Gasteiger partial charge >= 0.3 is 5.69 Å². The molecule has 0 fully saturated rings. The number of carbonyl (C=O) groups excluding carboxylic acids is 1. The summed E-state index contributed by atoms with van der Waals surface area (Å²) >= 11 is 0. The van der Waals surface area contributed by atoms with E-state index >= 15 is 0 Å². The topological polar surface area (TPSA) is 81.5 Å². The minimum Gasteiger partial charge on any atom is -0.490 e. The normalized spacial score (nSPS) is 11.5. The Balaban J connectivity index is 1.95. The van der Waals surface area contributed by atoms with Crippen molar-refractivity contribution in [3.8, 4) is 5.75 Å². The predicted octanol–water partition coefficient (Wildman–Crippen LogP) is 4.43. The molecule has 0 heterocycles. The number of ether oxygens (including phenoxy) is 1. The zero-order valence-corrected chi connectivity index (χ0v) is 15.6. The van der Waals surface area contributed by atoms with Crippen molar-refractivity contribution in [2.24, 2.45) is 0 Å². The van der Waals surface area contributed by atoms with Gasteiger partial charge in [-0.1, -0.05) is 60.2 Å². The Kier molecular flexibility index (Phi) is 5.69. The van der Waals surface area contributed by atoms with Crippen molar-refractivity contribution in [1.82, 2.24) is 5.32 Å². The molecule has 6 heteroatoms. The lowest BCUT2D eigenvalue weighted by atomic mass is 9.97. The first-order valence-corrected chi connectivity index (χ1v) is 8.74. The zero-order valence-electron chi connectivity index (χ0n) is 15.6. The second kappa shape index (κ2) is 8.35. The van der Waals surface area contributed by atoms with E-state index in [9.17, 15) is 14.9 Å². The molecule has 0 aliphatic heterocycles. The fourth-order valence-corrected chi connectivity index (χ4v) is 2.95. The minimum absolute atomic E-state index is 0.111. The Morgan fingerprint density at radius 1 is 1.00 bits per heavy atom. The highest BCUT2D eigenvalue weighted by molar-refractivity contribution is 5.95. The van der Waals surface area contributed by atoms with E-state index in [0.717, 1.165) is 16.7 Å². The summed E-state index contributed by atoms with van der Waals surface area (Å²) in [6.45, 7) is 2.00. The third-order valence-electron chi connectivity index (χ3n) is 4.46. The molecule has 0 aromatic heterocycles. The molecule has 0 aliphatic rings. The molecule has 3 aromatic rings. The molecule has 0 saturated heterocycles. The Labute approximate surface area is 162 Å². The molecule has 6 nitrogen and oxygen atoms in total. The molecule has 1 unspecified atom stereocenters. The number of amides is 1. The number of aryl methyl sites for hydroxylation is 1. The van der Waals surface area contributed by atoms with Gasteiger partial charge in [0.1, 0.15) is 0 Å². The summed E-state index contributed by atoms with van der Waals surface area (Å²) in [4.78, 5) is 23.5. The maximum atomic E-state index is 12.9. The van der Waals surface area contributed by atoms with Crippen LogP contribution in [0.25, 0.3) is 0 Å². The highest BCUT2D eigenvalue weighted by Gasteiger charge is 2.21. The number of hydrogen-bond donors (Lipinski definition) is 1. The third-order valence-corrected chi connectivity index (χ3v) is 4.46. The van der Waals surface area contributed by atoms with Crippen molar-refractivity contribution in [3.05, 3.63) is 105 Å². The fourth-order valence-electron chi connectivity index (χ4n) is 2.95. The van der Waals surface area contributed by atoms with E-state index in [1.807, 2.05) is 61.5 Å². The zero-order chi connectivity index (χ0) is 20.1. The molecule has 1 atom stereocenters. The SMILES string of the molecule is COc1ccc(C(=O)NC(c2ccccc2)c2ccc(C)cc2)cc1[N+](=O)[O-]. The largest absolute Gasteiger partial charge is 0.490 e. The molecular formula is C22H20N2O4. The molecule has 3 aromatic carbocycles. The van der Waals surface area contributed by atoms with E-state index in [1.165, 1.54) is 25.3 Å². The maximum Gasteiger partial charge on any atom is 0.311 e. The lowest BCUT2D eigenvalue weighted by molar-refractivity contribution is -0.385. The first-order valence-electron chi connectivity index (χ1n) is 8.74. The van der Waals surface area contributed by atoms with Crippen molar-refractivity contribution < 1.29 is 14.5 Å². The summed E-state index contributed by atoms with van der Waals surface area (Å²) < 4.78 is 5.00. The highest BCUT2D eigenvalue weighted by atomic mass is 16.6. The van der Waals surface area contributed by atoms with Gasteiger partial charge in [-0.2, -0.15) is 0 Å². The van der Waals surface area contributed by atoms with E-state index in [4.69, 9.17) is 4.74 Å². The van der Waals surface area contributed by atoms with Crippen LogP contribution in [-0.4, -0.2) is 17.9 Å². The number of nitrogens with zero attached hydrogens (tertiary/aromatic N) is 1. The molecule has 3 rings (SSSR count). The van der Waals surface area contributed by atoms with Crippen molar-refractivity contribution in [1.29, 1.82) is 0 Å². The van der Waals surface area contributed by atoms with Gasteiger partial charge in [0.05, 0.1) is 18.1 Å². The Morgan fingerprint density at radius 2 is 1.64 bits per heavy atom. The summed E-state index contributed by atoms with van der Waals surface area (Å²) in [5.41, 5.74) is 2.91. The van der Waals surface area contributed by atoms with Gasteiger partial charge in [0.25, 0.3) is 5.91 Å². The Morgan fingerprint density at radius 3 is 2.25 bits per heavy atom. The molecular weight excluding hydrogens is 356 g/mol. The molecule has 0 spiro atoms. The molecule has 142 valence electrons. The number of hydrogen-bond acceptors (Lipinski definition) is 4. The van der Waals surface area contributed by atoms with E-state index in [1.54, 1.807) is 0 Å². The van der Waals surface area contributed by atoms with E-state index < -0.39 is 10.8 Å². The average Bonchev–Trinajstić information content (AvgIpc) is 2.72. The van der Waals surface area contributed by atoms with Crippen molar-refractivity contribution in [3.63, 3.8) is 0 Å².